The average Bonchev–Trinajstić information content (AvgIpc) is 2.43. The molecule has 2 aromatic rings. The lowest BCUT2D eigenvalue weighted by atomic mass is 10.1. The third-order valence-corrected chi connectivity index (χ3v) is 3.25. The summed E-state index contributed by atoms with van der Waals surface area (Å²) in [5, 5.41) is 3.29. The monoisotopic (exact) mass is 308 g/mol. The zero-order valence-corrected chi connectivity index (χ0v) is 12.3. The second-order valence-corrected chi connectivity index (χ2v) is 4.93. The van der Waals surface area contributed by atoms with Crippen molar-refractivity contribution in [3.05, 3.63) is 52.3 Å². The van der Waals surface area contributed by atoms with Crippen LogP contribution in [-0.4, -0.2) is 13.1 Å². The maximum absolute atomic E-state index is 14.0. The van der Waals surface area contributed by atoms with Gasteiger partial charge in [-0.05, 0) is 36.8 Å². The van der Waals surface area contributed by atoms with E-state index in [0.29, 0.717) is 10.7 Å². The fourth-order valence-corrected chi connectivity index (χ4v) is 2.12. The van der Waals surface area contributed by atoms with Crippen LogP contribution >= 0.6 is 11.6 Å². The molecule has 6 heteroatoms. The molecule has 0 amide bonds. The molecule has 0 bridgehead atoms. The van der Waals surface area contributed by atoms with Gasteiger partial charge < -0.3 is 15.8 Å². The van der Waals surface area contributed by atoms with Gasteiger partial charge in [0.15, 0.2) is 0 Å². The predicted octanol–water partition coefficient (Wildman–Crippen LogP) is 3.90. The minimum absolute atomic E-state index is 0.0138. The Morgan fingerprint density at radius 1 is 1.29 bits per heavy atom. The van der Waals surface area contributed by atoms with E-state index in [-0.39, 0.29) is 16.9 Å². The Balaban J connectivity index is 2.42. The van der Waals surface area contributed by atoms with Crippen LogP contribution in [0, 0.1) is 12.7 Å². The third-order valence-electron chi connectivity index (χ3n) is 2.94. The first-order valence-electron chi connectivity index (χ1n) is 6.13. The number of hydrogen-bond donors (Lipinski definition) is 2. The molecule has 110 valence electrons. The van der Waals surface area contributed by atoms with Crippen LogP contribution in [-0.2, 0) is 4.74 Å². The molecule has 2 aromatic carbocycles. The number of nitrogen functional groups attached to an aromatic ring is 1. The highest BCUT2D eigenvalue weighted by Gasteiger charge is 2.15. The standard InChI is InChI=1S/C15H14ClFN2O2/c1-8-3-4-13(10(16)5-8)19-14-6-9(15(20)21-2)12(18)7-11(14)17/h3-7,19H,18H2,1-2H3. The van der Waals surface area contributed by atoms with Gasteiger partial charge in [0.1, 0.15) is 5.82 Å². The zero-order chi connectivity index (χ0) is 15.6. The van der Waals surface area contributed by atoms with Gasteiger partial charge in [-0.3, -0.25) is 0 Å². The Morgan fingerprint density at radius 3 is 2.62 bits per heavy atom. The molecule has 21 heavy (non-hydrogen) atoms. The van der Waals surface area contributed by atoms with Gasteiger partial charge in [0.25, 0.3) is 0 Å². The molecule has 3 N–H and O–H groups in total. The SMILES string of the molecule is COC(=O)c1cc(Nc2ccc(C)cc2Cl)c(F)cc1N. The summed E-state index contributed by atoms with van der Waals surface area (Å²) in [7, 11) is 1.23. The summed E-state index contributed by atoms with van der Waals surface area (Å²) >= 11 is 6.09. The molecule has 0 aliphatic carbocycles. The van der Waals surface area contributed by atoms with Crippen molar-refractivity contribution in [2.45, 2.75) is 6.92 Å². The molecule has 0 fully saturated rings. The Labute approximate surface area is 126 Å². The molecule has 0 heterocycles. The topological polar surface area (TPSA) is 64.3 Å². The molecule has 0 saturated heterocycles. The molecule has 0 radical (unpaired) electrons. The van der Waals surface area contributed by atoms with Crippen molar-refractivity contribution in [2.75, 3.05) is 18.2 Å². The van der Waals surface area contributed by atoms with Crippen LogP contribution in [0.3, 0.4) is 0 Å². The van der Waals surface area contributed by atoms with Crippen LogP contribution in [0.25, 0.3) is 0 Å². The van der Waals surface area contributed by atoms with Crippen LogP contribution < -0.4 is 11.1 Å². The van der Waals surface area contributed by atoms with Crippen molar-refractivity contribution in [1.29, 1.82) is 0 Å². The first-order chi connectivity index (χ1) is 9.92. The molecule has 0 saturated carbocycles. The number of nitrogens with two attached hydrogens (primary N) is 1. The number of ether oxygens (including phenoxy) is 1. The molecule has 4 nitrogen and oxygen atoms in total. The van der Waals surface area contributed by atoms with E-state index in [1.54, 1.807) is 12.1 Å². The van der Waals surface area contributed by atoms with Crippen molar-refractivity contribution in [3.8, 4) is 0 Å². The summed E-state index contributed by atoms with van der Waals surface area (Å²) in [6.07, 6.45) is 0. The van der Waals surface area contributed by atoms with Crippen LogP contribution in [0.4, 0.5) is 21.5 Å². The van der Waals surface area contributed by atoms with Gasteiger partial charge in [-0.15, -0.1) is 0 Å². The summed E-state index contributed by atoms with van der Waals surface area (Å²) in [4.78, 5) is 11.6. The quantitative estimate of drug-likeness (QED) is 0.666. The number of esters is 1. The number of hydrogen-bond acceptors (Lipinski definition) is 4. The van der Waals surface area contributed by atoms with Crippen LogP contribution in [0.2, 0.25) is 5.02 Å². The first kappa shape index (κ1) is 15.1. The van der Waals surface area contributed by atoms with E-state index >= 15 is 0 Å². The Kier molecular flexibility index (Phi) is 4.33. The number of nitrogens with one attached hydrogen (secondary N) is 1. The van der Waals surface area contributed by atoms with E-state index in [4.69, 9.17) is 17.3 Å². The Hall–Kier alpha value is -2.27. The second kappa shape index (κ2) is 6.01. The molecule has 2 rings (SSSR count). The minimum Gasteiger partial charge on any atom is -0.465 e. The normalized spacial score (nSPS) is 10.3. The fourth-order valence-electron chi connectivity index (χ4n) is 1.84. The summed E-state index contributed by atoms with van der Waals surface area (Å²) in [6, 6.07) is 7.68. The number of halogens is 2. The van der Waals surface area contributed by atoms with Crippen LogP contribution in [0.15, 0.2) is 30.3 Å². The molecular weight excluding hydrogens is 295 g/mol. The van der Waals surface area contributed by atoms with Gasteiger partial charge in [0.2, 0.25) is 0 Å². The second-order valence-electron chi connectivity index (χ2n) is 4.52. The van der Waals surface area contributed by atoms with Crippen molar-refractivity contribution in [2.24, 2.45) is 0 Å². The highest BCUT2D eigenvalue weighted by Crippen LogP contribution is 2.30. The molecule has 0 atom stereocenters. The fraction of sp³-hybridized carbons (Fsp3) is 0.133. The maximum Gasteiger partial charge on any atom is 0.340 e. The van der Waals surface area contributed by atoms with Crippen LogP contribution in [0.1, 0.15) is 15.9 Å². The number of anilines is 3. The van der Waals surface area contributed by atoms with E-state index in [1.165, 1.54) is 13.2 Å². The van der Waals surface area contributed by atoms with Gasteiger partial charge in [-0.1, -0.05) is 17.7 Å². The van der Waals surface area contributed by atoms with E-state index in [0.717, 1.165) is 11.6 Å². The lowest BCUT2D eigenvalue weighted by Gasteiger charge is -2.12. The predicted molar refractivity (Wildman–Crippen MR) is 81.6 cm³/mol. The average molecular weight is 309 g/mol. The van der Waals surface area contributed by atoms with Gasteiger partial charge in [0, 0.05) is 5.69 Å². The first-order valence-corrected chi connectivity index (χ1v) is 6.50. The molecular formula is C15H14ClFN2O2. The lowest BCUT2D eigenvalue weighted by molar-refractivity contribution is 0.0602. The number of rotatable bonds is 3. The summed E-state index contributed by atoms with van der Waals surface area (Å²) in [5.41, 5.74) is 7.32. The van der Waals surface area contributed by atoms with Gasteiger partial charge in [0.05, 0.1) is 29.1 Å². The number of methoxy groups -OCH3 is 1. The van der Waals surface area contributed by atoms with Crippen LogP contribution in [0.5, 0.6) is 0 Å². The number of carbonyl (C=O) groups excluding carboxylic acids is 1. The van der Waals surface area contributed by atoms with Crippen molar-refractivity contribution in [3.63, 3.8) is 0 Å². The van der Waals surface area contributed by atoms with E-state index in [2.05, 4.69) is 10.1 Å². The minimum atomic E-state index is -0.634. The Bertz CT molecular complexity index is 704. The Morgan fingerprint density at radius 2 is 2.00 bits per heavy atom. The molecule has 0 aliphatic heterocycles. The largest absolute Gasteiger partial charge is 0.465 e. The molecule has 0 aliphatic rings. The highest BCUT2D eigenvalue weighted by molar-refractivity contribution is 6.33. The maximum atomic E-state index is 14.0. The van der Waals surface area contributed by atoms with Gasteiger partial charge >= 0.3 is 5.97 Å². The van der Waals surface area contributed by atoms with E-state index < -0.39 is 11.8 Å². The van der Waals surface area contributed by atoms with Gasteiger partial charge in [-0.2, -0.15) is 0 Å². The number of aryl methyl sites for hydroxylation is 1. The van der Waals surface area contributed by atoms with Crippen molar-refractivity contribution in [1.82, 2.24) is 0 Å². The van der Waals surface area contributed by atoms with Crippen molar-refractivity contribution >= 4 is 34.6 Å². The zero-order valence-electron chi connectivity index (χ0n) is 11.5. The van der Waals surface area contributed by atoms with Crippen molar-refractivity contribution < 1.29 is 13.9 Å². The summed E-state index contributed by atoms with van der Waals surface area (Å²) in [6.45, 7) is 1.90. The number of benzene rings is 2. The smallest absolute Gasteiger partial charge is 0.340 e. The van der Waals surface area contributed by atoms with Gasteiger partial charge in [-0.25, -0.2) is 9.18 Å². The summed E-state index contributed by atoms with van der Waals surface area (Å²) in [5.74, 6) is -1.22. The molecule has 0 aromatic heterocycles. The summed E-state index contributed by atoms with van der Waals surface area (Å²) < 4.78 is 18.6. The highest BCUT2D eigenvalue weighted by atomic mass is 35.5. The number of carbonyl (C=O) groups is 1. The van der Waals surface area contributed by atoms with E-state index in [9.17, 15) is 9.18 Å². The molecule has 0 spiro atoms. The van der Waals surface area contributed by atoms with E-state index in [1.807, 2.05) is 13.0 Å². The third kappa shape index (κ3) is 3.25. The molecule has 0 unspecified atom stereocenters. The lowest BCUT2D eigenvalue weighted by Crippen LogP contribution is -2.07.